The van der Waals surface area contributed by atoms with Crippen LogP contribution in [0.4, 0.5) is 0 Å². The van der Waals surface area contributed by atoms with Gasteiger partial charge in [0.05, 0.1) is 22.3 Å². The Balaban J connectivity index is 1.93. The molecule has 18 heavy (non-hydrogen) atoms. The molecule has 2 heterocycles. The van der Waals surface area contributed by atoms with Gasteiger partial charge < -0.3 is 9.47 Å². The summed E-state index contributed by atoms with van der Waals surface area (Å²) in [4.78, 5) is 0. The van der Waals surface area contributed by atoms with Crippen LogP contribution in [0.15, 0.2) is 10.7 Å². The monoisotopic (exact) mass is 316 g/mol. The Bertz CT molecular complexity index is 369. The highest BCUT2D eigenvalue weighted by Gasteiger charge is 2.22. The highest BCUT2D eigenvalue weighted by Crippen LogP contribution is 2.23. The quantitative estimate of drug-likeness (QED) is 0.853. The molecule has 1 saturated heterocycles. The van der Waals surface area contributed by atoms with Gasteiger partial charge in [-0.05, 0) is 56.0 Å². The maximum atomic E-state index is 5.96. The molecule has 1 aromatic rings. The maximum Gasteiger partial charge on any atom is 0.158 e. The first-order chi connectivity index (χ1) is 8.58. The molecule has 0 bridgehead atoms. The fourth-order valence-corrected chi connectivity index (χ4v) is 2.34. The third-order valence-electron chi connectivity index (χ3n) is 3.46. The number of aryl methyl sites for hydroxylation is 1. The normalized spacial score (nSPS) is 23.9. The largest absolute Gasteiger partial charge is 0.353 e. The van der Waals surface area contributed by atoms with Gasteiger partial charge >= 0.3 is 0 Å². The zero-order chi connectivity index (χ0) is 13.1. The number of hydrogen-bond donors (Lipinski definition) is 0. The van der Waals surface area contributed by atoms with Crippen molar-refractivity contribution >= 4 is 15.9 Å². The minimum Gasteiger partial charge on any atom is -0.353 e. The van der Waals surface area contributed by atoms with Gasteiger partial charge in [0.1, 0.15) is 0 Å². The van der Waals surface area contributed by atoms with E-state index in [0.29, 0.717) is 0 Å². The summed E-state index contributed by atoms with van der Waals surface area (Å²) in [6.07, 6.45) is 5.38. The van der Waals surface area contributed by atoms with Crippen LogP contribution < -0.4 is 0 Å². The van der Waals surface area contributed by atoms with Gasteiger partial charge in [-0.3, -0.25) is 4.68 Å². The molecule has 102 valence electrons. The van der Waals surface area contributed by atoms with Gasteiger partial charge in [-0.25, -0.2) is 0 Å². The number of ether oxygens (including phenoxy) is 2. The fourth-order valence-electron chi connectivity index (χ4n) is 2.05. The van der Waals surface area contributed by atoms with E-state index in [-0.39, 0.29) is 18.4 Å². The van der Waals surface area contributed by atoms with Crippen LogP contribution in [-0.4, -0.2) is 28.8 Å². The lowest BCUT2D eigenvalue weighted by Gasteiger charge is -2.29. The summed E-state index contributed by atoms with van der Waals surface area (Å²) in [5.74, 6) is 0. The average Bonchev–Trinajstić information content (AvgIpc) is 2.70. The summed E-state index contributed by atoms with van der Waals surface area (Å²) in [6, 6.07) is 0.195. The number of hydrogen-bond acceptors (Lipinski definition) is 3. The second kappa shape index (κ2) is 6.17. The molecule has 1 aliphatic heterocycles. The van der Waals surface area contributed by atoms with Crippen molar-refractivity contribution in [3.8, 4) is 0 Å². The maximum absolute atomic E-state index is 5.96. The van der Waals surface area contributed by atoms with Gasteiger partial charge in [0.15, 0.2) is 6.29 Å². The lowest BCUT2D eigenvalue weighted by molar-refractivity contribution is -0.192. The molecule has 0 aromatic carbocycles. The molecule has 1 aliphatic rings. The molecule has 0 N–H and O–H groups in total. The summed E-state index contributed by atoms with van der Waals surface area (Å²) in [5, 5.41) is 4.47. The zero-order valence-electron chi connectivity index (χ0n) is 11.2. The molecule has 1 aromatic heterocycles. The molecule has 5 heteroatoms. The minimum absolute atomic E-state index is 0.0451. The van der Waals surface area contributed by atoms with Crippen molar-refractivity contribution in [1.82, 2.24) is 9.78 Å². The SMILES string of the molecule is Cc1nn(C(C)C(C)OC2CCCCO2)cc1Br. The van der Waals surface area contributed by atoms with Crippen LogP contribution in [0.1, 0.15) is 44.8 Å². The molecule has 3 unspecified atom stereocenters. The third-order valence-corrected chi connectivity index (χ3v) is 4.24. The number of halogens is 1. The predicted molar refractivity (Wildman–Crippen MR) is 73.5 cm³/mol. The fraction of sp³-hybridized carbons (Fsp3) is 0.769. The summed E-state index contributed by atoms with van der Waals surface area (Å²) < 4.78 is 14.5. The van der Waals surface area contributed by atoms with Gasteiger partial charge in [-0.2, -0.15) is 5.10 Å². The first-order valence-corrected chi connectivity index (χ1v) is 7.35. The first-order valence-electron chi connectivity index (χ1n) is 6.56. The Hall–Kier alpha value is -0.390. The van der Waals surface area contributed by atoms with Crippen LogP contribution in [0.25, 0.3) is 0 Å². The van der Waals surface area contributed by atoms with Crippen molar-refractivity contribution in [3.05, 3.63) is 16.4 Å². The molecule has 0 amide bonds. The molecule has 0 saturated carbocycles. The van der Waals surface area contributed by atoms with Crippen LogP contribution in [0, 0.1) is 6.92 Å². The van der Waals surface area contributed by atoms with Gasteiger partial charge in [-0.1, -0.05) is 0 Å². The molecule has 0 aliphatic carbocycles. The van der Waals surface area contributed by atoms with E-state index in [1.807, 2.05) is 17.8 Å². The molecule has 1 fully saturated rings. The van der Waals surface area contributed by atoms with Crippen LogP contribution >= 0.6 is 15.9 Å². The molecule has 3 atom stereocenters. The van der Waals surface area contributed by atoms with Crippen LogP contribution in [0.3, 0.4) is 0 Å². The number of nitrogens with zero attached hydrogens (tertiary/aromatic N) is 2. The molecular weight excluding hydrogens is 296 g/mol. The summed E-state index contributed by atoms with van der Waals surface area (Å²) in [7, 11) is 0. The van der Waals surface area contributed by atoms with Gasteiger partial charge in [0.2, 0.25) is 0 Å². The van der Waals surface area contributed by atoms with Crippen molar-refractivity contribution < 1.29 is 9.47 Å². The van der Waals surface area contributed by atoms with Crippen molar-refractivity contribution in [2.75, 3.05) is 6.61 Å². The van der Waals surface area contributed by atoms with E-state index in [1.165, 1.54) is 6.42 Å². The Morgan fingerprint density at radius 2 is 2.28 bits per heavy atom. The van der Waals surface area contributed by atoms with Crippen molar-refractivity contribution in [3.63, 3.8) is 0 Å². The van der Waals surface area contributed by atoms with E-state index in [4.69, 9.17) is 9.47 Å². The van der Waals surface area contributed by atoms with E-state index in [1.54, 1.807) is 0 Å². The van der Waals surface area contributed by atoms with E-state index in [9.17, 15) is 0 Å². The number of rotatable bonds is 4. The zero-order valence-corrected chi connectivity index (χ0v) is 12.8. The Kier molecular flexibility index (Phi) is 4.81. The molecule has 2 rings (SSSR count). The summed E-state index contributed by atoms with van der Waals surface area (Å²) in [5.41, 5.74) is 1.00. The first kappa shape index (κ1) is 14.0. The second-order valence-electron chi connectivity index (χ2n) is 4.92. The Labute approximate surface area is 117 Å². The number of aromatic nitrogens is 2. The highest BCUT2D eigenvalue weighted by atomic mass is 79.9. The van der Waals surface area contributed by atoms with Crippen molar-refractivity contribution in [1.29, 1.82) is 0 Å². The van der Waals surface area contributed by atoms with Gasteiger partial charge in [0.25, 0.3) is 0 Å². The predicted octanol–water partition coefficient (Wildman–Crippen LogP) is 3.45. The van der Waals surface area contributed by atoms with Crippen molar-refractivity contribution in [2.45, 2.75) is 58.5 Å². The average molecular weight is 317 g/mol. The van der Waals surface area contributed by atoms with Crippen LogP contribution in [0.5, 0.6) is 0 Å². The smallest absolute Gasteiger partial charge is 0.158 e. The summed E-state index contributed by atoms with van der Waals surface area (Å²) >= 11 is 3.48. The minimum atomic E-state index is -0.0451. The lowest BCUT2D eigenvalue weighted by atomic mass is 10.2. The van der Waals surface area contributed by atoms with Crippen LogP contribution in [-0.2, 0) is 9.47 Å². The van der Waals surface area contributed by atoms with Crippen molar-refractivity contribution in [2.24, 2.45) is 0 Å². The standard InChI is InChI=1S/C13H21BrN2O2/c1-9-12(14)8-16(15-9)10(2)11(3)18-13-6-4-5-7-17-13/h8,10-11,13H,4-7H2,1-3H3. The molecule has 0 radical (unpaired) electrons. The molecular formula is C13H21BrN2O2. The van der Waals surface area contributed by atoms with Crippen LogP contribution in [0.2, 0.25) is 0 Å². The van der Waals surface area contributed by atoms with Gasteiger partial charge in [0, 0.05) is 12.8 Å². The topological polar surface area (TPSA) is 36.3 Å². The van der Waals surface area contributed by atoms with Gasteiger partial charge in [-0.15, -0.1) is 0 Å². The third kappa shape index (κ3) is 3.33. The molecule has 4 nitrogen and oxygen atoms in total. The van der Waals surface area contributed by atoms with E-state index >= 15 is 0 Å². The lowest BCUT2D eigenvalue weighted by Crippen LogP contribution is -2.31. The summed E-state index contributed by atoms with van der Waals surface area (Å²) in [6.45, 7) is 7.00. The molecule has 0 spiro atoms. The van der Waals surface area contributed by atoms with E-state index < -0.39 is 0 Å². The second-order valence-corrected chi connectivity index (χ2v) is 5.77. The highest BCUT2D eigenvalue weighted by molar-refractivity contribution is 9.10. The Morgan fingerprint density at radius 1 is 1.50 bits per heavy atom. The van der Waals surface area contributed by atoms with E-state index in [0.717, 1.165) is 29.6 Å². The van der Waals surface area contributed by atoms with E-state index in [2.05, 4.69) is 34.9 Å². The Morgan fingerprint density at radius 3 is 2.83 bits per heavy atom.